The smallest absolute Gasteiger partial charge is 0.311 e. The summed E-state index contributed by atoms with van der Waals surface area (Å²) in [6, 6.07) is 7.80. The molecule has 26 heavy (non-hydrogen) atoms. The molecular weight excluding hydrogens is 332 g/mol. The van der Waals surface area contributed by atoms with E-state index in [-0.39, 0.29) is 19.2 Å². The van der Waals surface area contributed by atoms with Crippen LogP contribution in [0.1, 0.15) is 58.6 Å². The highest BCUT2D eigenvalue weighted by atomic mass is 16.5. The number of carbonyl (C=O) groups is 2. The fraction of sp³-hybridized carbons (Fsp3) is 0.619. The first kappa shape index (κ1) is 22.2. The van der Waals surface area contributed by atoms with Crippen LogP contribution in [0.5, 0.6) is 0 Å². The first-order valence-corrected chi connectivity index (χ1v) is 9.08. The van der Waals surface area contributed by atoms with Crippen molar-refractivity contribution in [3.8, 4) is 0 Å². The molecular formula is C21H32O5. The summed E-state index contributed by atoms with van der Waals surface area (Å²) in [7, 11) is 0. The van der Waals surface area contributed by atoms with Gasteiger partial charge < -0.3 is 14.6 Å². The molecule has 0 saturated heterocycles. The molecule has 1 N–H and O–H groups in total. The molecule has 0 aliphatic carbocycles. The predicted octanol–water partition coefficient (Wildman–Crippen LogP) is 3.79. The van der Waals surface area contributed by atoms with E-state index in [4.69, 9.17) is 9.47 Å². The number of aliphatic hydroxyl groups excluding tert-OH is 1. The van der Waals surface area contributed by atoms with Crippen molar-refractivity contribution in [2.45, 2.75) is 67.1 Å². The van der Waals surface area contributed by atoms with Crippen LogP contribution >= 0.6 is 0 Å². The number of aryl methyl sites for hydroxylation is 1. The van der Waals surface area contributed by atoms with Gasteiger partial charge in [0.05, 0.1) is 16.9 Å². The minimum atomic E-state index is -0.835. The van der Waals surface area contributed by atoms with Crippen LogP contribution in [0.3, 0.4) is 0 Å². The van der Waals surface area contributed by atoms with Crippen LogP contribution in [-0.2, 0) is 25.7 Å². The van der Waals surface area contributed by atoms with Crippen molar-refractivity contribution in [1.82, 2.24) is 0 Å². The molecule has 146 valence electrons. The summed E-state index contributed by atoms with van der Waals surface area (Å²) in [6.07, 6.45) is 0.120. The lowest BCUT2D eigenvalue weighted by molar-refractivity contribution is -0.165. The van der Waals surface area contributed by atoms with Crippen molar-refractivity contribution in [2.24, 2.45) is 10.8 Å². The zero-order chi connectivity index (χ0) is 20.0. The van der Waals surface area contributed by atoms with Gasteiger partial charge >= 0.3 is 11.9 Å². The Bertz CT molecular complexity index is 621. The fourth-order valence-corrected chi connectivity index (χ4v) is 2.91. The second-order valence-electron chi connectivity index (χ2n) is 7.99. The standard InChI is InChI=1S/C21H32O5/c1-7-21(6,19(24)25-12-16(3)22)14-20(4,5)18(23)26-13-17-10-8-9-15(2)11-17/h8-11,16,22H,7,12-14H2,1-6H3. The molecule has 5 nitrogen and oxygen atoms in total. The highest BCUT2D eigenvalue weighted by Gasteiger charge is 2.43. The normalized spacial score (nSPS) is 15.0. The Hall–Kier alpha value is -1.88. The number of hydrogen-bond donors (Lipinski definition) is 1. The van der Waals surface area contributed by atoms with E-state index in [1.165, 1.54) is 0 Å². The topological polar surface area (TPSA) is 72.8 Å². The maximum Gasteiger partial charge on any atom is 0.311 e. The van der Waals surface area contributed by atoms with E-state index in [0.717, 1.165) is 11.1 Å². The van der Waals surface area contributed by atoms with E-state index in [1.54, 1.807) is 27.7 Å². The van der Waals surface area contributed by atoms with Gasteiger partial charge in [-0.2, -0.15) is 0 Å². The second-order valence-corrected chi connectivity index (χ2v) is 7.99. The lowest BCUT2D eigenvalue weighted by Crippen LogP contribution is -2.39. The number of benzene rings is 1. The van der Waals surface area contributed by atoms with Gasteiger partial charge in [-0.3, -0.25) is 9.59 Å². The van der Waals surface area contributed by atoms with Crippen LogP contribution in [0.4, 0.5) is 0 Å². The van der Waals surface area contributed by atoms with Crippen molar-refractivity contribution >= 4 is 11.9 Å². The van der Waals surface area contributed by atoms with Gasteiger partial charge in [-0.05, 0) is 53.0 Å². The third-order valence-electron chi connectivity index (χ3n) is 4.57. The van der Waals surface area contributed by atoms with E-state index >= 15 is 0 Å². The highest BCUT2D eigenvalue weighted by Crippen LogP contribution is 2.38. The molecule has 0 aliphatic rings. The van der Waals surface area contributed by atoms with Gasteiger partial charge in [-0.15, -0.1) is 0 Å². The summed E-state index contributed by atoms with van der Waals surface area (Å²) in [5.74, 6) is -0.748. The fourth-order valence-electron chi connectivity index (χ4n) is 2.91. The molecule has 0 amide bonds. The Kier molecular flexibility index (Phi) is 7.82. The summed E-state index contributed by atoms with van der Waals surface area (Å²) in [4.78, 5) is 25.0. The third kappa shape index (κ3) is 6.45. The number of ether oxygens (including phenoxy) is 2. The van der Waals surface area contributed by atoms with Gasteiger partial charge in [0.25, 0.3) is 0 Å². The van der Waals surface area contributed by atoms with Gasteiger partial charge in [0.1, 0.15) is 13.2 Å². The molecule has 0 saturated carbocycles. The summed E-state index contributed by atoms with van der Waals surface area (Å²) < 4.78 is 10.7. The van der Waals surface area contributed by atoms with Crippen molar-refractivity contribution in [3.63, 3.8) is 0 Å². The SMILES string of the molecule is CCC(C)(CC(C)(C)C(=O)OCc1cccc(C)c1)C(=O)OCC(C)O. The quantitative estimate of drug-likeness (QED) is 0.675. The lowest BCUT2D eigenvalue weighted by Gasteiger charge is -2.33. The van der Waals surface area contributed by atoms with E-state index < -0.39 is 22.9 Å². The highest BCUT2D eigenvalue weighted by molar-refractivity contribution is 5.80. The van der Waals surface area contributed by atoms with Gasteiger partial charge in [-0.25, -0.2) is 0 Å². The van der Waals surface area contributed by atoms with E-state index in [0.29, 0.717) is 12.8 Å². The average Bonchev–Trinajstić information content (AvgIpc) is 2.56. The Labute approximate surface area is 156 Å². The van der Waals surface area contributed by atoms with Gasteiger partial charge in [0, 0.05) is 0 Å². The number of rotatable bonds is 9. The van der Waals surface area contributed by atoms with Crippen LogP contribution in [0, 0.1) is 17.8 Å². The Morgan fingerprint density at radius 1 is 1.15 bits per heavy atom. The average molecular weight is 364 g/mol. The molecule has 5 heteroatoms. The summed E-state index contributed by atoms with van der Waals surface area (Å²) in [5.41, 5.74) is 0.389. The molecule has 0 heterocycles. The maximum absolute atomic E-state index is 12.6. The number of hydrogen-bond acceptors (Lipinski definition) is 5. The first-order valence-electron chi connectivity index (χ1n) is 9.08. The molecule has 0 radical (unpaired) electrons. The van der Waals surface area contributed by atoms with Crippen molar-refractivity contribution in [3.05, 3.63) is 35.4 Å². The monoisotopic (exact) mass is 364 g/mol. The second kappa shape index (κ2) is 9.17. The Morgan fingerprint density at radius 2 is 1.81 bits per heavy atom. The largest absolute Gasteiger partial charge is 0.463 e. The molecule has 2 atom stereocenters. The van der Waals surface area contributed by atoms with Crippen LogP contribution in [0.15, 0.2) is 24.3 Å². The first-order chi connectivity index (χ1) is 12.0. The zero-order valence-electron chi connectivity index (χ0n) is 16.8. The molecule has 2 unspecified atom stereocenters. The van der Waals surface area contributed by atoms with Crippen molar-refractivity contribution in [2.75, 3.05) is 6.61 Å². The summed E-state index contributed by atoms with van der Waals surface area (Å²) >= 11 is 0. The van der Waals surface area contributed by atoms with Crippen molar-refractivity contribution in [1.29, 1.82) is 0 Å². The summed E-state index contributed by atoms with van der Waals surface area (Å²) in [5, 5.41) is 9.31. The molecule has 0 spiro atoms. The van der Waals surface area contributed by atoms with Crippen LogP contribution < -0.4 is 0 Å². The van der Waals surface area contributed by atoms with E-state index in [1.807, 2.05) is 38.1 Å². The molecule has 0 bridgehead atoms. The molecule has 1 rings (SSSR count). The zero-order valence-corrected chi connectivity index (χ0v) is 16.8. The van der Waals surface area contributed by atoms with Crippen LogP contribution in [0.25, 0.3) is 0 Å². The lowest BCUT2D eigenvalue weighted by atomic mass is 9.72. The number of carbonyl (C=O) groups excluding carboxylic acids is 2. The van der Waals surface area contributed by atoms with Gasteiger partial charge in [0.2, 0.25) is 0 Å². The van der Waals surface area contributed by atoms with Crippen molar-refractivity contribution < 1.29 is 24.2 Å². The van der Waals surface area contributed by atoms with Crippen LogP contribution in [-0.4, -0.2) is 29.8 Å². The number of esters is 2. The van der Waals surface area contributed by atoms with Gasteiger partial charge in [0.15, 0.2) is 0 Å². The predicted molar refractivity (Wildman–Crippen MR) is 100 cm³/mol. The molecule has 0 aromatic heterocycles. The van der Waals surface area contributed by atoms with Crippen LogP contribution in [0.2, 0.25) is 0 Å². The molecule has 0 fully saturated rings. The van der Waals surface area contributed by atoms with E-state index in [9.17, 15) is 14.7 Å². The molecule has 1 aromatic carbocycles. The number of aliphatic hydroxyl groups is 1. The summed E-state index contributed by atoms with van der Waals surface area (Å²) in [6.45, 7) is 10.9. The molecule has 1 aromatic rings. The minimum Gasteiger partial charge on any atom is -0.463 e. The third-order valence-corrected chi connectivity index (χ3v) is 4.57. The minimum absolute atomic E-state index is 0.0490. The van der Waals surface area contributed by atoms with E-state index in [2.05, 4.69) is 0 Å². The van der Waals surface area contributed by atoms with Gasteiger partial charge in [-0.1, -0.05) is 36.8 Å². The molecule has 0 aliphatic heterocycles. The Morgan fingerprint density at radius 3 is 2.35 bits per heavy atom. The maximum atomic E-state index is 12.6. The Balaban J connectivity index is 2.73.